The van der Waals surface area contributed by atoms with Gasteiger partial charge in [0.25, 0.3) is 5.91 Å². The van der Waals surface area contributed by atoms with E-state index in [0.717, 1.165) is 31.2 Å². The van der Waals surface area contributed by atoms with Gasteiger partial charge in [-0.15, -0.1) is 9.42 Å². The fraction of sp³-hybridized carbons (Fsp3) is 0.533. The van der Waals surface area contributed by atoms with E-state index in [1.165, 1.54) is 0 Å². The van der Waals surface area contributed by atoms with Crippen LogP contribution in [0.5, 0.6) is 0 Å². The van der Waals surface area contributed by atoms with E-state index in [1.54, 1.807) is 11.0 Å². The maximum absolute atomic E-state index is 12.4. The Morgan fingerprint density at radius 1 is 1.32 bits per heavy atom. The van der Waals surface area contributed by atoms with Crippen LogP contribution in [0.4, 0.5) is 5.69 Å². The molecule has 1 aliphatic carbocycles. The van der Waals surface area contributed by atoms with E-state index >= 15 is 0 Å². The van der Waals surface area contributed by atoms with Crippen molar-refractivity contribution < 1.29 is 18.8 Å². The Kier molecular flexibility index (Phi) is 4.17. The van der Waals surface area contributed by atoms with E-state index in [0.29, 0.717) is 17.2 Å². The molecule has 6 nitrogen and oxygen atoms in total. The molecule has 1 aromatic carbocycles. The molecule has 0 radical (unpaired) electrons. The van der Waals surface area contributed by atoms with Gasteiger partial charge in [-0.25, -0.2) is 0 Å². The second kappa shape index (κ2) is 5.95. The number of carbonyl (C=O) groups is 1. The molecule has 1 aromatic rings. The highest BCUT2D eigenvalue weighted by molar-refractivity contribution is 7.32. The third-order valence-electron chi connectivity index (χ3n) is 4.80. The summed E-state index contributed by atoms with van der Waals surface area (Å²) < 4.78 is 15.8. The molecular formula is C15H20N2O4P+. The lowest BCUT2D eigenvalue weighted by molar-refractivity contribution is 0.0626. The molecule has 22 heavy (non-hydrogen) atoms. The van der Waals surface area contributed by atoms with Crippen molar-refractivity contribution >= 4 is 19.8 Å². The van der Waals surface area contributed by atoms with Gasteiger partial charge in [0.05, 0.1) is 11.6 Å². The molecule has 1 saturated carbocycles. The first-order valence-electron chi connectivity index (χ1n) is 7.47. The first kappa shape index (κ1) is 15.4. The van der Waals surface area contributed by atoms with Crippen LogP contribution in [0.1, 0.15) is 47.6 Å². The minimum atomic E-state index is -2.54. The molecule has 0 spiro atoms. The van der Waals surface area contributed by atoms with E-state index in [9.17, 15) is 9.36 Å². The molecule has 0 saturated heterocycles. The Morgan fingerprint density at radius 3 is 2.64 bits per heavy atom. The lowest BCUT2D eigenvalue weighted by atomic mass is 9.80. The first-order valence-corrected chi connectivity index (χ1v) is 8.60. The summed E-state index contributed by atoms with van der Waals surface area (Å²) in [7, 11) is -0.722. The third-order valence-corrected chi connectivity index (χ3v) is 5.28. The number of nitrogens with zero attached hydrogens (tertiary/aromatic N) is 1. The molecule has 1 amide bonds. The summed E-state index contributed by atoms with van der Waals surface area (Å²) in [6.45, 7) is 0. The Labute approximate surface area is 130 Å². The molecular weight excluding hydrogens is 303 g/mol. The molecule has 0 bridgehead atoms. The predicted octanol–water partition coefficient (Wildman–Crippen LogP) is 2.62. The van der Waals surface area contributed by atoms with Gasteiger partial charge in [0.1, 0.15) is 6.10 Å². The quantitative estimate of drug-likeness (QED) is 0.659. The number of nitrogens with two attached hydrogens (primary N) is 1. The zero-order chi connectivity index (χ0) is 15.9. The number of benzene rings is 1. The fourth-order valence-corrected chi connectivity index (χ4v) is 4.27. The summed E-state index contributed by atoms with van der Waals surface area (Å²) >= 11 is 0. The maximum atomic E-state index is 12.4. The Balaban J connectivity index is 1.78. The van der Waals surface area contributed by atoms with Gasteiger partial charge >= 0.3 is 8.25 Å². The maximum Gasteiger partial charge on any atom is 0.694 e. The highest BCUT2D eigenvalue weighted by Crippen LogP contribution is 2.45. The molecule has 2 atom stereocenters. The van der Waals surface area contributed by atoms with E-state index < -0.39 is 8.25 Å². The minimum absolute atomic E-state index is 0.0186. The molecule has 2 unspecified atom stereocenters. The molecule has 1 fully saturated rings. The van der Waals surface area contributed by atoms with Gasteiger partial charge in [-0.2, -0.15) is 0 Å². The number of fused-ring (bicyclic) bond motifs is 1. The standard InChI is InChI=1S/C15H19N2O4P/c1-17-14(9-5-7-10(8-6-9)21-22(19)20)11-3-2-4-12(16)13(11)15(17)18/h2-4,9-10,14H,5-8H2,1H3,(H2-,16,18,19,20)/p+1. The lowest BCUT2D eigenvalue weighted by Crippen LogP contribution is -2.32. The molecule has 1 aliphatic heterocycles. The van der Waals surface area contributed by atoms with Gasteiger partial charge in [-0.3, -0.25) is 4.79 Å². The smallest absolute Gasteiger partial charge is 0.398 e. The number of hydrogen-bond donors (Lipinski definition) is 2. The van der Waals surface area contributed by atoms with E-state index in [2.05, 4.69) is 0 Å². The van der Waals surface area contributed by atoms with Crippen LogP contribution in [-0.2, 0) is 9.09 Å². The summed E-state index contributed by atoms with van der Waals surface area (Å²) in [5.74, 6) is 0.309. The second-order valence-corrected chi connectivity index (χ2v) is 6.74. The number of nitrogen functional groups attached to an aromatic ring is 1. The van der Waals surface area contributed by atoms with E-state index in [-0.39, 0.29) is 18.1 Å². The normalized spacial score (nSPS) is 28.6. The van der Waals surface area contributed by atoms with E-state index in [1.807, 2.05) is 19.2 Å². The summed E-state index contributed by atoms with van der Waals surface area (Å²) in [6, 6.07) is 5.66. The molecule has 1 heterocycles. The topological polar surface area (TPSA) is 92.9 Å². The molecule has 0 aromatic heterocycles. The second-order valence-electron chi connectivity index (χ2n) is 6.05. The number of rotatable bonds is 3. The number of amides is 1. The van der Waals surface area contributed by atoms with Gasteiger partial charge < -0.3 is 10.6 Å². The summed E-state index contributed by atoms with van der Waals surface area (Å²) in [4.78, 5) is 23.0. The molecule has 3 N–H and O–H groups in total. The van der Waals surface area contributed by atoms with Crippen molar-refractivity contribution in [2.24, 2.45) is 5.92 Å². The zero-order valence-electron chi connectivity index (χ0n) is 12.4. The molecule has 2 aliphatic rings. The van der Waals surface area contributed by atoms with Crippen LogP contribution in [0.15, 0.2) is 18.2 Å². The highest BCUT2D eigenvalue weighted by atomic mass is 31.1. The monoisotopic (exact) mass is 323 g/mol. The predicted molar refractivity (Wildman–Crippen MR) is 82.3 cm³/mol. The number of hydrogen-bond acceptors (Lipinski definition) is 4. The van der Waals surface area contributed by atoms with Crippen LogP contribution in [0.2, 0.25) is 0 Å². The molecule has 7 heteroatoms. The van der Waals surface area contributed by atoms with Crippen molar-refractivity contribution in [3.05, 3.63) is 29.3 Å². The van der Waals surface area contributed by atoms with Crippen LogP contribution >= 0.6 is 8.25 Å². The fourth-order valence-electron chi connectivity index (χ4n) is 3.80. The summed E-state index contributed by atoms with van der Waals surface area (Å²) in [6.07, 6.45) is 3.05. The van der Waals surface area contributed by atoms with Crippen molar-refractivity contribution in [2.75, 3.05) is 12.8 Å². The average Bonchev–Trinajstić information content (AvgIpc) is 2.73. The SMILES string of the molecule is CN1C(=O)c2c(N)cccc2C1C1CCC(O[P+](=O)O)CC1. The van der Waals surface area contributed by atoms with Crippen LogP contribution < -0.4 is 5.73 Å². The van der Waals surface area contributed by atoms with E-state index in [4.69, 9.17) is 15.2 Å². The Morgan fingerprint density at radius 2 is 2.00 bits per heavy atom. The van der Waals surface area contributed by atoms with Gasteiger partial charge in [-0.1, -0.05) is 12.1 Å². The van der Waals surface area contributed by atoms with Crippen LogP contribution in [0.25, 0.3) is 0 Å². The van der Waals surface area contributed by atoms with Crippen molar-refractivity contribution in [1.82, 2.24) is 4.90 Å². The molecule has 118 valence electrons. The van der Waals surface area contributed by atoms with Gasteiger partial charge in [0, 0.05) is 17.3 Å². The van der Waals surface area contributed by atoms with Gasteiger partial charge in [0.15, 0.2) is 0 Å². The molecule has 3 rings (SSSR count). The highest BCUT2D eigenvalue weighted by Gasteiger charge is 2.42. The van der Waals surface area contributed by atoms with Crippen molar-refractivity contribution in [3.63, 3.8) is 0 Å². The minimum Gasteiger partial charge on any atom is -0.398 e. The van der Waals surface area contributed by atoms with Crippen molar-refractivity contribution in [3.8, 4) is 0 Å². The zero-order valence-corrected chi connectivity index (χ0v) is 13.3. The van der Waals surface area contributed by atoms with Crippen LogP contribution in [0, 0.1) is 5.92 Å². The van der Waals surface area contributed by atoms with Crippen LogP contribution in [0.3, 0.4) is 0 Å². The Bertz CT molecular complexity index is 614. The number of anilines is 1. The van der Waals surface area contributed by atoms with Gasteiger partial charge in [0.2, 0.25) is 0 Å². The summed E-state index contributed by atoms with van der Waals surface area (Å²) in [5, 5.41) is 0. The van der Waals surface area contributed by atoms with Crippen molar-refractivity contribution in [1.29, 1.82) is 0 Å². The largest absolute Gasteiger partial charge is 0.694 e. The number of carbonyl (C=O) groups excluding carboxylic acids is 1. The average molecular weight is 323 g/mol. The lowest BCUT2D eigenvalue weighted by Gasteiger charge is -2.33. The Hall–Kier alpha value is -1.49. The first-order chi connectivity index (χ1) is 10.5. The summed E-state index contributed by atoms with van der Waals surface area (Å²) in [5.41, 5.74) is 8.13. The third kappa shape index (κ3) is 2.62. The van der Waals surface area contributed by atoms with Crippen LogP contribution in [-0.4, -0.2) is 28.9 Å². The van der Waals surface area contributed by atoms with Gasteiger partial charge in [-0.05, 0) is 43.2 Å². The van der Waals surface area contributed by atoms with Crippen molar-refractivity contribution in [2.45, 2.75) is 37.8 Å².